The molecule has 1 aromatic rings. The van der Waals surface area contributed by atoms with Gasteiger partial charge in [-0.15, -0.1) is 0 Å². The number of piperidine rings is 1. The van der Waals surface area contributed by atoms with Gasteiger partial charge in [-0.1, -0.05) is 6.42 Å². The maximum absolute atomic E-state index is 13.2. The Kier molecular flexibility index (Phi) is 4.88. The Labute approximate surface area is 155 Å². The van der Waals surface area contributed by atoms with E-state index in [1.165, 1.54) is 0 Å². The molecule has 2 fully saturated rings. The van der Waals surface area contributed by atoms with Gasteiger partial charge in [-0.2, -0.15) is 0 Å². The van der Waals surface area contributed by atoms with Gasteiger partial charge in [0.25, 0.3) is 11.5 Å². The molecule has 0 saturated carbocycles. The number of likely N-dealkylation sites (N-methyl/N-ethyl adjacent to an activating group) is 1. The smallest absolute Gasteiger partial charge is 0.263 e. The average Bonchev–Trinajstić information content (AvgIpc) is 2.89. The molecule has 0 aromatic carbocycles. The minimum Gasteiger partial charge on any atom is -0.337 e. The monoisotopic (exact) mass is 358 g/mol. The van der Waals surface area contributed by atoms with Crippen molar-refractivity contribution in [2.45, 2.75) is 44.2 Å². The summed E-state index contributed by atoms with van der Waals surface area (Å²) in [4.78, 5) is 30.4. The lowest BCUT2D eigenvalue weighted by molar-refractivity contribution is 0.0722. The summed E-state index contributed by atoms with van der Waals surface area (Å²) >= 11 is 0. The van der Waals surface area contributed by atoms with Crippen LogP contribution in [0.2, 0.25) is 0 Å². The largest absolute Gasteiger partial charge is 0.337 e. The summed E-state index contributed by atoms with van der Waals surface area (Å²) in [5.41, 5.74) is 1.35. The van der Waals surface area contributed by atoms with E-state index in [1.54, 1.807) is 6.07 Å². The van der Waals surface area contributed by atoms with E-state index in [4.69, 9.17) is 0 Å². The van der Waals surface area contributed by atoms with Crippen LogP contribution in [0.4, 0.5) is 0 Å². The summed E-state index contributed by atoms with van der Waals surface area (Å²) in [7, 11) is 4.14. The number of pyridine rings is 1. The molecule has 1 amide bonds. The zero-order valence-electron chi connectivity index (χ0n) is 15.9. The minimum absolute atomic E-state index is 0.0882. The zero-order valence-corrected chi connectivity index (χ0v) is 15.9. The van der Waals surface area contributed by atoms with Crippen LogP contribution in [0.1, 0.15) is 47.7 Å². The van der Waals surface area contributed by atoms with Gasteiger partial charge in [-0.3, -0.25) is 9.59 Å². The van der Waals surface area contributed by atoms with Crippen molar-refractivity contribution in [2.24, 2.45) is 5.92 Å². The highest BCUT2D eigenvalue weighted by molar-refractivity contribution is 5.94. The molecule has 2 saturated heterocycles. The van der Waals surface area contributed by atoms with E-state index in [9.17, 15) is 9.59 Å². The summed E-state index contributed by atoms with van der Waals surface area (Å²) in [6, 6.07) is 4.16. The van der Waals surface area contributed by atoms with Crippen molar-refractivity contribution in [3.63, 3.8) is 0 Å². The van der Waals surface area contributed by atoms with E-state index in [-0.39, 0.29) is 11.5 Å². The highest BCUT2D eigenvalue weighted by Crippen LogP contribution is 2.31. The van der Waals surface area contributed by atoms with Gasteiger partial charge in [-0.25, -0.2) is 0 Å². The Balaban J connectivity index is 1.62. The van der Waals surface area contributed by atoms with Crippen molar-refractivity contribution < 1.29 is 4.79 Å². The minimum atomic E-state index is -0.0899. The van der Waals surface area contributed by atoms with Gasteiger partial charge in [-0.05, 0) is 58.0 Å². The van der Waals surface area contributed by atoms with Gasteiger partial charge in [0.15, 0.2) is 0 Å². The van der Waals surface area contributed by atoms with Gasteiger partial charge in [0.2, 0.25) is 0 Å². The number of carbonyl (C=O) groups excluding carboxylic acids is 1. The van der Waals surface area contributed by atoms with Crippen LogP contribution in [0.15, 0.2) is 16.9 Å². The van der Waals surface area contributed by atoms with Crippen molar-refractivity contribution in [1.29, 1.82) is 0 Å². The lowest BCUT2D eigenvalue weighted by atomic mass is 9.84. The number of hydrogen-bond acceptors (Lipinski definition) is 4. The Morgan fingerprint density at radius 3 is 2.85 bits per heavy atom. The molecular weight excluding hydrogens is 328 g/mol. The number of likely N-dealkylation sites (tertiary alicyclic amines) is 1. The third-order valence-corrected chi connectivity index (χ3v) is 6.40. The van der Waals surface area contributed by atoms with Crippen molar-refractivity contribution >= 4 is 5.91 Å². The van der Waals surface area contributed by atoms with E-state index in [0.717, 1.165) is 57.6 Å². The highest BCUT2D eigenvalue weighted by Gasteiger charge is 2.33. The topological polar surface area (TPSA) is 57.6 Å². The molecule has 6 heteroatoms. The Hall–Kier alpha value is -1.66. The summed E-state index contributed by atoms with van der Waals surface area (Å²) in [6.45, 7) is 4.10. The van der Waals surface area contributed by atoms with Gasteiger partial charge in [0, 0.05) is 43.8 Å². The highest BCUT2D eigenvalue weighted by atomic mass is 16.2. The van der Waals surface area contributed by atoms with E-state index in [1.807, 2.05) is 15.5 Å². The standard InChI is InChI=1S/C20H30N4O2/c1-22(2)16-5-3-4-8-23(13-16)19(25)17-6-7-18-15-9-14(10-21-11-15)12-24(18)20(17)26/h6-7,14-16,21H,3-5,8-13H2,1-2H3/t14-,15+,16-/m0/s1. The molecule has 3 aliphatic rings. The predicted octanol–water partition coefficient (Wildman–Crippen LogP) is 1.11. The molecule has 3 aliphatic heterocycles. The Bertz CT molecular complexity index is 742. The van der Waals surface area contributed by atoms with Crippen LogP contribution >= 0.6 is 0 Å². The molecule has 1 N–H and O–H groups in total. The molecule has 142 valence electrons. The van der Waals surface area contributed by atoms with Crippen LogP contribution in [0.25, 0.3) is 0 Å². The number of aromatic nitrogens is 1. The second-order valence-corrected chi connectivity index (χ2v) is 8.41. The number of rotatable bonds is 2. The molecule has 4 heterocycles. The molecule has 4 rings (SSSR count). The first kappa shape index (κ1) is 17.7. The van der Waals surface area contributed by atoms with Gasteiger partial charge in [0.05, 0.1) is 0 Å². The molecule has 0 unspecified atom stereocenters. The second kappa shape index (κ2) is 7.16. The molecule has 0 aliphatic carbocycles. The van der Waals surface area contributed by atoms with Crippen LogP contribution in [0.3, 0.4) is 0 Å². The quantitative estimate of drug-likeness (QED) is 0.861. The number of amides is 1. The van der Waals surface area contributed by atoms with Crippen molar-refractivity contribution in [1.82, 2.24) is 19.7 Å². The van der Waals surface area contributed by atoms with Crippen molar-refractivity contribution in [3.8, 4) is 0 Å². The lowest BCUT2D eigenvalue weighted by Gasteiger charge is -2.37. The number of nitrogens with zero attached hydrogens (tertiary/aromatic N) is 3. The zero-order chi connectivity index (χ0) is 18.3. The van der Waals surface area contributed by atoms with E-state index >= 15 is 0 Å². The van der Waals surface area contributed by atoms with Gasteiger partial charge >= 0.3 is 0 Å². The number of hydrogen-bond donors (Lipinski definition) is 1. The molecule has 6 nitrogen and oxygen atoms in total. The molecule has 26 heavy (non-hydrogen) atoms. The van der Waals surface area contributed by atoms with Crippen LogP contribution < -0.4 is 10.9 Å². The van der Waals surface area contributed by atoms with Crippen LogP contribution in [-0.2, 0) is 6.54 Å². The van der Waals surface area contributed by atoms with Gasteiger partial charge in [0.1, 0.15) is 5.56 Å². The maximum atomic E-state index is 13.2. The number of nitrogens with one attached hydrogen (secondary N) is 1. The second-order valence-electron chi connectivity index (χ2n) is 8.41. The van der Waals surface area contributed by atoms with Crippen LogP contribution in [-0.4, -0.2) is 66.6 Å². The summed E-state index contributed by atoms with van der Waals surface area (Å²) < 4.78 is 1.88. The van der Waals surface area contributed by atoms with E-state index < -0.39 is 0 Å². The first-order chi connectivity index (χ1) is 12.5. The van der Waals surface area contributed by atoms with Gasteiger partial charge < -0.3 is 19.7 Å². The molecule has 0 spiro atoms. The first-order valence-corrected chi connectivity index (χ1v) is 9.94. The maximum Gasteiger partial charge on any atom is 0.263 e. The van der Waals surface area contributed by atoms with Crippen LogP contribution in [0.5, 0.6) is 0 Å². The molecular formula is C20H30N4O2. The number of fused-ring (bicyclic) bond motifs is 4. The molecule has 3 atom stereocenters. The summed E-state index contributed by atoms with van der Waals surface area (Å²) in [6.07, 6.45) is 4.40. The summed E-state index contributed by atoms with van der Waals surface area (Å²) in [5, 5.41) is 3.46. The van der Waals surface area contributed by atoms with Crippen LogP contribution in [0, 0.1) is 5.92 Å². The Morgan fingerprint density at radius 1 is 1.19 bits per heavy atom. The number of carbonyl (C=O) groups is 1. The average molecular weight is 358 g/mol. The molecule has 2 bridgehead atoms. The third-order valence-electron chi connectivity index (χ3n) is 6.40. The third kappa shape index (κ3) is 3.21. The Morgan fingerprint density at radius 2 is 2.04 bits per heavy atom. The summed E-state index contributed by atoms with van der Waals surface area (Å²) in [5.74, 6) is 0.809. The molecule has 1 aromatic heterocycles. The normalized spacial score (nSPS) is 28.6. The fourth-order valence-electron chi connectivity index (χ4n) is 4.85. The predicted molar refractivity (Wildman–Crippen MR) is 102 cm³/mol. The van der Waals surface area contributed by atoms with Crippen molar-refractivity contribution in [3.05, 3.63) is 33.7 Å². The fraction of sp³-hybridized carbons (Fsp3) is 0.700. The molecule has 0 radical (unpaired) electrons. The lowest BCUT2D eigenvalue weighted by Crippen LogP contribution is -2.47. The van der Waals surface area contributed by atoms with E-state index in [2.05, 4.69) is 24.3 Å². The fourth-order valence-corrected chi connectivity index (χ4v) is 4.85. The van der Waals surface area contributed by atoms with E-state index in [0.29, 0.717) is 30.0 Å². The first-order valence-electron chi connectivity index (χ1n) is 9.94. The SMILES string of the molecule is CN(C)[C@H]1CCCCN(C(=O)c2ccc3n(c2=O)C[C@@H]2CNC[C@H]3C2)C1. The van der Waals surface area contributed by atoms with Crippen molar-refractivity contribution in [2.75, 3.05) is 40.3 Å².